The van der Waals surface area contributed by atoms with E-state index in [1.165, 1.54) is 12.8 Å². The van der Waals surface area contributed by atoms with E-state index in [1.54, 1.807) is 18.0 Å². The van der Waals surface area contributed by atoms with Gasteiger partial charge in [0.05, 0.1) is 17.4 Å². The van der Waals surface area contributed by atoms with Crippen LogP contribution in [-0.4, -0.2) is 133 Å². The van der Waals surface area contributed by atoms with Gasteiger partial charge >= 0.3 is 0 Å². The molecule has 2 atom stereocenters. The van der Waals surface area contributed by atoms with E-state index in [0.29, 0.717) is 41.7 Å². The average molecular weight is 708 g/mol. The van der Waals surface area contributed by atoms with Crippen molar-refractivity contribution in [1.82, 2.24) is 30.2 Å². The van der Waals surface area contributed by atoms with Gasteiger partial charge in [0.25, 0.3) is 5.91 Å². The largest absolute Gasteiger partial charge is 0.507 e. The zero-order valence-electron chi connectivity index (χ0n) is 29.9. The molecule has 2 amide bonds. The maximum absolute atomic E-state index is 13.2. The van der Waals surface area contributed by atoms with Crippen LogP contribution in [0.4, 0.5) is 17.2 Å². The Kier molecular flexibility index (Phi) is 9.71. The molecule has 274 valence electrons. The molecule has 2 unspecified atom stereocenters. The second-order valence-corrected chi connectivity index (χ2v) is 15.1. The zero-order chi connectivity index (χ0) is 35.8. The summed E-state index contributed by atoms with van der Waals surface area (Å²) < 4.78 is 0. The van der Waals surface area contributed by atoms with Crippen LogP contribution < -0.4 is 20.4 Å². The fourth-order valence-corrected chi connectivity index (χ4v) is 8.92. The number of phenolic OH excluding ortho intramolecular Hbond substituents is 1. The number of carbonyl (C=O) groups excluding carboxylic acids is 3. The summed E-state index contributed by atoms with van der Waals surface area (Å²) in [5.74, 6) is 2.02. The number of piperazine rings is 1. The van der Waals surface area contributed by atoms with Gasteiger partial charge in [-0.05, 0) is 80.2 Å². The van der Waals surface area contributed by atoms with Crippen molar-refractivity contribution in [3.63, 3.8) is 0 Å². The van der Waals surface area contributed by atoms with Crippen LogP contribution in [0.5, 0.6) is 5.75 Å². The molecule has 5 aliphatic rings. The third-order valence-corrected chi connectivity index (χ3v) is 11.8. The highest BCUT2D eigenvalue weighted by Gasteiger charge is 2.38. The smallest absolute Gasteiger partial charge is 0.255 e. The minimum atomic E-state index is -0.642. The van der Waals surface area contributed by atoms with Crippen LogP contribution in [0.3, 0.4) is 0 Å². The average Bonchev–Trinajstić information content (AvgIpc) is 3.48. The van der Waals surface area contributed by atoms with Gasteiger partial charge in [0.15, 0.2) is 5.82 Å². The summed E-state index contributed by atoms with van der Waals surface area (Å²) in [6, 6.07) is 15.1. The summed E-state index contributed by atoms with van der Waals surface area (Å²) in [4.78, 5) is 48.5. The Morgan fingerprint density at radius 2 is 1.79 bits per heavy atom. The molecule has 6 heterocycles. The topological polar surface area (TPSA) is 137 Å². The number of benzene rings is 2. The summed E-state index contributed by atoms with van der Waals surface area (Å²) >= 11 is 0. The lowest BCUT2D eigenvalue weighted by molar-refractivity contribution is -0.125. The molecular formula is C39H49N9O4. The number of hydrogen-bond donors (Lipinski definition) is 3. The van der Waals surface area contributed by atoms with Crippen LogP contribution in [0.15, 0.2) is 48.5 Å². The third kappa shape index (κ3) is 6.79. The Balaban J connectivity index is 0.784. The lowest BCUT2D eigenvalue weighted by Crippen LogP contribution is -2.58. The van der Waals surface area contributed by atoms with Crippen molar-refractivity contribution in [3.05, 3.63) is 59.7 Å². The van der Waals surface area contributed by atoms with Gasteiger partial charge in [-0.3, -0.25) is 14.5 Å². The number of phenols is 1. The molecule has 0 saturated carbocycles. The Morgan fingerprint density at radius 3 is 2.58 bits per heavy atom. The number of anilines is 3. The van der Waals surface area contributed by atoms with Gasteiger partial charge in [-0.2, -0.15) is 0 Å². The number of hydrogen-bond acceptors (Lipinski definition) is 11. The number of carbonyl (C=O) groups is 3. The molecule has 5 aliphatic heterocycles. The maximum Gasteiger partial charge on any atom is 0.255 e. The van der Waals surface area contributed by atoms with Crippen molar-refractivity contribution >= 4 is 35.3 Å². The predicted octanol–water partition coefficient (Wildman–Crippen LogP) is 2.66. The first-order valence-corrected chi connectivity index (χ1v) is 18.8. The van der Waals surface area contributed by atoms with Crippen molar-refractivity contribution in [1.29, 1.82) is 0 Å². The molecule has 3 fully saturated rings. The quantitative estimate of drug-likeness (QED) is 0.254. The summed E-state index contributed by atoms with van der Waals surface area (Å²) in [7, 11) is 1.56. The van der Waals surface area contributed by atoms with Crippen LogP contribution in [-0.2, 0) is 16.1 Å². The van der Waals surface area contributed by atoms with E-state index in [4.69, 9.17) is 0 Å². The molecule has 2 aromatic carbocycles. The number of aromatic hydroxyl groups is 1. The van der Waals surface area contributed by atoms with Crippen molar-refractivity contribution < 1.29 is 19.5 Å². The van der Waals surface area contributed by atoms with E-state index in [2.05, 4.69) is 52.6 Å². The molecule has 8 rings (SSSR count). The Bertz CT molecular complexity index is 1810. The fraction of sp³-hybridized carbons (Fsp3) is 0.513. The first kappa shape index (κ1) is 34.3. The van der Waals surface area contributed by atoms with Crippen molar-refractivity contribution in [2.24, 2.45) is 11.8 Å². The monoisotopic (exact) mass is 707 g/mol. The SMILES string of the molecule is CNC(=O)C(CCC=O)N1Cc2cc(N3CC(CN4CCC(CN5CCN6c7cc(-c8ccccc8O)nnc7NCC6C5)CC4)C3)ccc2C1=O. The highest BCUT2D eigenvalue weighted by Crippen LogP contribution is 2.37. The third-order valence-electron chi connectivity index (χ3n) is 11.8. The lowest BCUT2D eigenvalue weighted by Gasteiger charge is -2.47. The van der Waals surface area contributed by atoms with Crippen LogP contribution >= 0.6 is 0 Å². The van der Waals surface area contributed by atoms with E-state index >= 15 is 0 Å². The first-order chi connectivity index (χ1) is 25.4. The van der Waals surface area contributed by atoms with Gasteiger partial charge in [-0.15, -0.1) is 10.2 Å². The summed E-state index contributed by atoms with van der Waals surface area (Å²) in [6.07, 6.45) is 3.84. The van der Waals surface area contributed by atoms with Crippen molar-refractivity contribution in [3.8, 4) is 17.0 Å². The number of nitrogens with zero attached hydrogens (tertiary/aromatic N) is 7. The standard InChI is InChI=1S/C39H49N9O4/c1-40-38(51)34(6-4-16-49)48-24-28-17-29(8-9-31(28)39(48)52)46-22-27(23-46)21-44-12-10-26(11-13-44)20-45-14-15-47-30(25-45)19-41-37-35(47)18-33(42-43-37)32-5-2-3-7-36(32)50/h2-3,5,7-9,16-18,26-27,30,34,50H,4,6,10-15,19-25H2,1H3,(H,40,51)(H,41,43). The number of aldehydes is 1. The van der Waals surface area contributed by atoms with Gasteiger partial charge in [0.1, 0.15) is 18.1 Å². The van der Waals surface area contributed by atoms with Gasteiger partial charge in [-0.25, -0.2) is 0 Å². The molecule has 0 aliphatic carbocycles. The van der Waals surface area contributed by atoms with Gasteiger partial charge in [-0.1, -0.05) is 12.1 Å². The van der Waals surface area contributed by atoms with Gasteiger partial charge in [0, 0.05) is 95.1 Å². The fourth-order valence-electron chi connectivity index (χ4n) is 8.92. The number of likely N-dealkylation sites (tertiary alicyclic amines) is 1. The zero-order valence-corrected chi connectivity index (χ0v) is 29.9. The summed E-state index contributed by atoms with van der Waals surface area (Å²) in [5, 5.41) is 25.4. The molecule has 0 bridgehead atoms. The molecule has 3 saturated heterocycles. The number of amides is 2. The normalized spacial score (nSPS) is 21.5. The molecule has 52 heavy (non-hydrogen) atoms. The highest BCUT2D eigenvalue weighted by molar-refractivity contribution is 6.01. The second-order valence-electron chi connectivity index (χ2n) is 15.1. The molecule has 3 aromatic rings. The highest BCUT2D eigenvalue weighted by atomic mass is 16.3. The molecular weight excluding hydrogens is 658 g/mol. The number of fused-ring (bicyclic) bond motifs is 4. The predicted molar refractivity (Wildman–Crippen MR) is 200 cm³/mol. The molecule has 13 heteroatoms. The van der Waals surface area contributed by atoms with Crippen LogP contribution in [0.25, 0.3) is 11.3 Å². The summed E-state index contributed by atoms with van der Waals surface area (Å²) in [6.45, 7) is 10.9. The maximum atomic E-state index is 13.2. The Morgan fingerprint density at radius 1 is 0.981 bits per heavy atom. The molecule has 0 radical (unpaired) electrons. The summed E-state index contributed by atoms with van der Waals surface area (Å²) in [5.41, 5.74) is 5.20. The van der Waals surface area contributed by atoms with Crippen LogP contribution in [0.1, 0.15) is 41.6 Å². The van der Waals surface area contributed by atoms with Crippen molar-refractivity contribution in [2.45, 2.75) is 44.3 Å². The van der Waals surface area contributed by atoms with E-state index in [1.807, 2.05) is 30.3 Å². The Hall–Kier alpha value is -4.75. The number of likely N-dealkylation sites (N-methyl/N-ethyl adjacent to an activating group) is 1. The number of para-hydroxylation sites is 1. The van der Waals surface area contributed by atoms with E-state index < -0.39 is 6.04 Å². The van der Waals surface area contributed by atoms with Crippen LogP contribution in [0.2, 0.25) is 0 Å². The molecule has 3 N–H and O–H groups in total. The number of aromatic nitrogens is 2. The lowest BCUT2D eigenvalue weighted by atomic mass is 9.92. The minimum Gasteiger partial charge on any atom is -0.507 e. The molecule has 13 nitrogen and oxygen atoms in total. The van der Waals surface area contributed by atoms with Crippen LogP contribution in [0, 0.1) is 11.8 Å². The molecule has 1 aromatic heterocycles. The molecule has 0 spiro atoms. The van der Waals surface area contributed by atoms with Gasteiger partial charge < -0.3 is 40.1 Å². The number of rotatable bonds is 11. The minimum absolute atomic E-state index is 0.138. The van der Waals surface area contributed by atoms with E-state index in [0.717, 1.165) is 100 Å². The van der Waals surface area contributed by atoms with Crippen molar-refractivity contribution in [2.75, 3.05) is 87.6 Å². The first-order valence-electron chi connectivity index (χ1n) is 18.8. The van der Waals surface area contributed by atoms with E-state index in [-0.39, 0.29) is 24.0 Å². The second kappa shape index (κ2) is 14.7. The van der Waals surface area contributed by atoms with E-state index in [9.17, 15) is 19.5 Å². The number of nitrogens with one attached hydrogen (secondary N) is 2. The van der Waals surface area contributed by atoms with Gasteiger partial charge in [0.2, 0.25) is 5.91 Å². The Labute approximate surface area is 304 Å². The number of piperidine rings is 1.